The van der Waals surface area contributed by atoms with Crippen LogP contribution in [-0.4, -0.2) is 42.4 Å². The molecule has 10 nitrogen and oxygen atoms in total. The van der Waals surface area contributed by atoms with Crippen molar-refractivity contribution < 1.29 is 28.3 Å². The van der Waals surface area contributed by atoms with E-state index in [4.69, 9.17) is 9.15 Å². The van der Waals surface area contributed by atoms with E-state index in [1.807, 2.05) is 0 Å². The van der Waals surface area contributed by atoms with Crippen molar-refractivity contribution in [2.24, 2.45) is 0 Å². The van der Waals surface area contributed by atoms with Gasteiger partial charge in [-0.3, -0.25) is 19.8 Å². The summed E-state index contributed by atoms with van der Waals surface area (Å²) >= 11 is 0. The van der Waals surface area contributed by atoms with Gasteiger partial charge >= 0.3 is 6.03 Å². The summed E-state index contributed by atoms with van der Waals surface area (Å²) in [5, 5.41) is 5.46. The molecule has 3 rings (SSSR count). The number of benzene rings is 1. The standard InChI is InChI=1S/C18H18N4O6/c1-18(11-5-3-6-12(9-11)27-2)16(25)22(17(26)20-18)21-14(23)10-19-15(24)13-7-4-8-28-13/h3-9H,10H2,1-2H3,(H,19,24)(H,20,26)(H,21,23)/t18-/m1/s1. The number of nitrogens with one attached hydrogen (secondary N) is 3. The zero-order valence-electron chi connectivity index (χ0n) is 15.1. The topological polar surface area (TPSA) is 130 Å². The van der Waals surface area contributed by atoms with Crippen molar-refractivity contribution in [1.29, 1.82) is 0 Å². The van der Waals surface area contributed by atoms with E-state index in [1.54, 1.807) is 24.3 Å². The van der Waals surface area contributed by atoms with Crippen LogP contribution in [0.15, 0.2) is 47.1 Å². The van der Waals surface area contributed by atoms with Crippen LogP contribution in [0.5, 0.6) is 5.75 Å². The molecule has 0 radical (unpaired) electrons. The van der Waals surface area contributed by atoms with Gasteiger partial charge in [0.05, 0.1) is 19.9 Å². The molecule has 2 heterocycles. The summed E-state index contributed by atoms with van der Waals surface area (Å²) in [6, 6.07) is 8.84. The molecule has 1 aromatic heterocycles. The van der Waals surface area contributed by atoms with Crippen molar-refractivity contribution in [2.75, 3.05) is 13.7 Å². The quantitative estimate of drug-likeness (QED) is 0.621. The highest BCUT2D eigenvalue weighted by atomic mass is 16.5. The molecule has 10 heteroatoms. The maximum Gasteiger partial charge on any atom is 0.344 e. The second-order valence-electron chi connectivity index (χ2n) is 6.12. The van der Waals surface area contributed by atoms with Crippen LogP contribution in [0.3, 0.4) is 0 Å². The molecule has 1 aliphatic heterocycles. The Balaban J connectivity index is 1.66. The number of carbonyl (C=O) groups excluding carboxylic acids is 4. The van der Waals surface area contributed by atoms with Crippen molar-refractivity contribution in [1.82, 2.24) is 21.1 Å². The summed E-state index contributed by atoms with van der Waals surface area (Å²) in [7, 11) is 1.49. The first-order chi connectivity index (χ1) is 13.3. The van der Waals surface area contributed by atoms with Gasteiger partial charge in [0.2, 0.25) is 0 Å². The number of hydrogen-bond donors (Lipinski definition) is 3. The number of imide groups is 1. The van der Waals surface area contributed by atoms with Crippen LogP contribution in [0.2, 0.25) is 0 Å². The first-order valence-electron chi connectivity index (χ1n) is 8.27. The summed E-state index contributed by atoms with van der Waals surface area (Å²) < 4.78 is 10.1. The number of carbonyl (C=O) groups is 4. The van der Waals surface area contributed by atoms with Gasteiger partial charge in [-0.15, -0.1) is 0 Å². The molecule has 0 aliphatic carbocycles. The van der Waals surface area contributed by atoms with Crippen molar-refractivity contribution in [2.45, 2.75) is 12.5 Å². The molecule has 28 heavy (non-hydrogen) atoms. The van der Waals surface area contributed by atoms with E-state index in [1.165, 1.54) is 32.4 Å². The smallest absolute Gasteiger partial charge is 0.344 e. The Morgan fingerprint density at radius 3 is 2.71 bits per heavy atom. The third-order valence-electron chi connectivity index (χ3n) is 4.23. The average molecular weight is 386 g/mol. The van der Waals surface area contributed by atoms with Crippen molar-refractivity contribution >= 4 is 23.8 Å². The van der Waals surface area contributed by atoms with Crippen LogP contribution in [0.25, 0.3) is 0 Å². The third-order valence-corrected chi connectivity index (χ3v) is 4.23. The van der Waals surface area contributed by atoms with Crippen LogP contribution in [-0.2, 0) is 15.1 Å². The van der Waals surface area contributed by atoms with Crippen molar-refractivity contribution in [3.63, 3.8) is 0 Å². The molecule has 1 saturated heterocycles. The molecular weight excluding hydrogens is 368 g/mol. The van der Waals surface area contributed by atoms with E-state index in [2.05, 4.69) is 16.1 Å². The fourth-order valence-corrected chi connectivity index (χ4v) is 2.69. The molecule has 1 aromatic carbocycles. The summed E-state index contributed by atoms with van der Waals surface area (Å²) in [4.78, 5) is 48.8. The number of urea groups is 1. The Hall–Kier alpha value is -3.82. The van der Waals surface area contributed by atoms with Gasteiger partial charge in [0.1, 0.15) is 11.3 Å². The number of ether oxygens (including phenoxy) is 1. The first-order valence-corrected chi connectivity index (χ1v) is 8.27. The summed E-state index contributed by atoms with van der Waals surface area (Å²) in [5.74, 6) is -1.47. The molecule has 0 spiro atoms. The highest BCUT2D eigenvalue weighted by Gasteiger charge is 2.50. The van der Waals surface area contributed by atoms with E-state index >= 15 is 0 Å². The lowest BCUT2D eigenvalue weighted by molar-refractivity contribution is -0.138. The highest BCUT2D eigenvalue weighted by molar-refractivity contribution is 6.08. The number of methoxy groups -OCH3 is 1. The maximum absolute atomic E-state index is 12.8. The molecule has 1 atom stereocenters. The molecule has 3 N–H and O–H groups in total. The zero-order valence-corrected chi connectivity index (χ0v) is 15.1. The number of furan rings is 1. The van der Waals surface area contributed by atoms with Crippen LogP contribution in [0.1, 0.15) is 23.0 Å². The predicted molar refractivity (Wildman–Crippen MR) is 94.9 cm³/mol. The lowest BCUT2D eigenvalue weighted by Crippen LogP contribution is -2.50. The minimum absolute atomic E-state index is 0.0355. The number of hydrazine groups is 1. The van der Waals surface area contributed by atoms with E-state index < -0.39 is 35.8 Å². The van der Waals surface area contributed by atoms with Gasteiger partial charge in [-0.1, -0.05) is 12.1 Å². The van der Waals surface area contributed by atoms with E-state index in [-0.39, 0.29) is 5.76 Å². The first kappa shape index (κ1) is 19.0. The normalized spacial score (nSPS) is 18.6. The highest BCUT2D eigenvalue weighted by Crippen LogP contribution is 2.30. The lowest BCUT2D eigenvalue weighted by Gasteiger charge is -2.22. The van der Waals surface area contributed by atoms with Gasteiger partial charge in [0.25, 0.3) is 17.7 Å². The molecule has 5 amide bonds. The second kappa shape index (κ2) is 7.43. The summed E-state index contributed by atoms with van der Waals surface area (Å²) in [6.07, 6.45) is 1.32. The summed E-state index contributed by atoms with van der Waals surface area (Å²) in [5.41, 5.74) is 1.30. The monoisotopic (exact) mass is 386 g/mol. The number of hydrogen-bond acceptors (Lipinski definition) is 6. The Kier molecular flexibility index (Phi) is 5.03. The molecule has 0 saturated carbocycles. The maximum atomic E-state index is 12.8. The Labute approximate surface area is 159 Å². The Bertz CT molecular complexity index is 926. The predicted octanol–water partition coefficient (Wildman–Crippen LogP) is 0.516. The van der Waals surface area contributed by atoms with Gasteiger partial charge in [-0.25, -0.2) is 4.79 Å². The fraction of sp³-hybridized carbons (Fsp3) is 0.222. The van der Waals surface area contributed by atoms with Crippen LogP contribution in [0, 0.1) is 0 Å². The molecule has 1 aliphatic rings. The molecule has 0 bridgehead atoms. The van der Waals surface area contributed by atoms with Gasteiger partial charge in [0.15, 0.2) is 5.76 Å². The largest absolute Gasteiger partial charge is 0.497 e. The molecule has 2 aromatic rings. The number of amides is 5. The number of nitrogens with zero attached hydrogens (tertiary/aromatic N) is 1. The number of rotatable bonds is 6. The molecule has 1 fully saturated rings. The Morgan fingerprint density at radius 2 is 2.04 bits per heavy atom. The van der Waals surface area contributed by atoms with Crippen molar-refractivity contribution in [3.8, 4) is 5.75 Å². The summed E-state index contributed by atoms with van der Waals surface area (Å²) in [6.45, 7) is 1.07. The third kappa shape index (κ3) is 3.52. The van der Waals surface area contributed by atoms with Crippen LogP contribution < -0.4 is 20.8 Å². The van der Waals surface area contributed by atoms with E-state index in [0.29, 0.717) is 16.3 Å². The van der Waals surface area contributed by atoms with Gasteiger partial charge < -0.3 is 19.8 Å². The minimum Gasteiger partial charge on any atom is -0.497 e. The minimum atomic E-state index is -1.38. The fourth-order valence-electron chi connectivity index (χ4n) is 2.69. The zero-order chi connectivity index (χ0) is 20.3. The van der Waals surface area contributed by atoms with Crippen molar-refractivity contribution in [3.05, 3.63) is 54.0 Å². The second-order valence-corrected chi connectivity index (χ2v) is 6.12. The molecule has 146 valence electrons. The SMILES string of the molecule is COc1cccc([C@@]2(C)NC(=O)N(NC(=O)CNC(=O)c3ccco3)C2=O)c1. The van der Waals surface area contributed by atoms with Gasteiger partial charge in [-0.05, 0) is 36.8 Å². The van der Waals surface area contributed by atoms with E-state index in [9.17, 15) is 19.2 Å². The molecule has 0 unspecified atom stereocenters. The van der Waals surface area contributed by atoms with Crippen LogP contribution in [0.4, 0.5) is 4.79 Å². The Morgan fingerprint density at radius 1 is 1.25 bits per heavy atom. The van der Waals surface area contributed by atoms with Gasteiger partial charge in [-0.2, -0.15) is 5.01 Å². The lowest BCUT2D eigenvalue weighted by atomic mass is 9.92. The van der Waals surface area contributed by atoms with Gasteiger partial charge in [0, 0.05) is 0 Å². The van der Waals surface area contributed by atoms with E-state index in [0.717, 1.165) is 0 Å². The average Bonchev–Trinajstić information content (AvgIpc) is 3.30. The molecular formula is C18H18N4O6. The van der Waals surface area contributed by atoms with Crippen LogP contribution >= 0.6 is 0 Å².